The van der Waals surface area contributed by atoms with E-state index in [1.165, 1.54) is 11.3 Å². The molecule has 1 aromatic carbocycles. The van der Waals surface area contributed by atoms with Crippen LogP contribution in [0, 0.1) is 5.92 Å². The van der Waals surface area contributed by atoms with Gasteiger partial charge in [-0.3, -0.25) is 14.2 Å². The molecule has 5 rings (SSSR count). The van der Waals surface area contributed by atoms with E-state index in [1.807, 2.05) is 18.2 Å². The number of carbonyl (C=O) groups is 1. The van der Waals surface area contributed by atoms with Crippen LogP contribution in [0.3, 0.4) is 0 Å². The second kappa shape index (κ2) is 7.00. The number of para-hydroxylation sites is 1. The fourth-order valence-corrected chi connectivity index (χ4v) is 6.73. The first kappa shape index (κ1) is 17.3. The Balaban J connectivity index is 1.49. The van der Waals surface area contributed by atoms with Gasteiger partial charge in [0.05, 0.1) is 24.8 Å². The molecule has 3 aliphatic rings. The molecule has 1 aromatic heterocycles. The zero-order chi connectivity index (χ0) is 18.4. The second-order valence-corrected chi connectivity index (χ2v) is 9.02. The number of morpholine rings is 1. The van der Waals surface area contributed by atoms with Crippen molar-refractivity contribution in [1.82, 2.24) is 9.47 Å². The number of hydrogen-bond acceptors (Lipinski definition) is 6. The Morgan fingerprint density at radius 3 is 2.89 bits per heavy atom. The highest BCUT2D eigenvalue weighted by Crippen LogP contribution is 2.50. The van der Waals surface area contributed by atoms with Crippen LogP contribution in [-0.4, -0.2) is 54.0 Å². The third-order valence-electron chi connectivity index (χ3n) is 5.43. The lowest BCUT2D eigenvalue weighted by Gasteiger charge is -2.36. The van der Waals surface area contributed by atoms with Crippen LogP contribution in [-0.2, 0) is 16.1 Å². The second-order valence-electron chi connectivity index (χ2n) is 7.01. The van der Waals surface area contributed by atoms with Gasteiger partial charge in [0.2, 0.25) is 5.91 Å². The monoisotopic (exact) mass is 404 g/mol. The molecule has 4 heterocycles. The predicted molar refractivity (Wildman–Crippen MR) is 104 cm³/mol. The van der Waals surface area contributed by atoms with Crippen LogP contribution in [0.2, 0.25) is 0 Å². The zero-order valence-corrected chi connectivity index (χ0v) is 16.4. The quantitative estimate of drug-likeness (QED) is 0.766. The fraction of sp³-hybridized carbons (Fsp3) is 0.474. The molecule has 3 aliphatic heterocycles. The van der Waals surface area contributed by atoms with E-state index in [0.29, 0.717) is 38.8 Å². The lowest BCUT2D eigenvalue weighted by Crippen LogP contribution is -2.43. The van der Waals surface area contributed by atoms with Gasteiger partial charge in [-0.1, -0.05) is 29.5 Å². The SMILES string of the molecule is O=C(Cn1c2c(sc1=O)C1c3ccccc3OCC1CS2)N1CCOCC1. The summed E-state index contributed by atoms with van der Waals surface area (Å²) >= 11 is 2.97. The van der Waals surface area contributed by atoms with Crippen LogP contribution in [0.25, 0.3) is 0 Å². The molecule has 2 unspecified atom stereocenters. The van der Waals surface area contributed by atoms with Crippen LogP contribution in [0.4, 0.5) is 0 Å². The van der Waals surface area contributed by atoms with Crippen molar-refractivity contribution in [3.8, 4) is 5.75 Å². The Morgan fingerprint density at radius 2 is 2.04 bits per heavy atom. The van der Waals surface area contributed by atoms with E-state index < -0.39 is 0 Å². The highest BCUT2D eigenvalue weighted by molar-refractivity contribution is 7.99. The number of rotatable bonds is 2. The minimum atomic E-state index is -0.0428. The van der Waals surface area contributed by atoms with Crippen LogP contribution >= 0.6 is 23.1 Å². The van der Waals surface area contributed by atoms with Gasteiger partial charge in [-0.15, -0.1) is 11.8 Å². The highest BCUT2D eigenvalue weighted by atomic mass is 32.2. The lowest BCUT2D eigenvalue weighted by atomic mass is 9.84. The van der Waals surface area contributed by atoms with E-state index in [4.69, 9.17) is 9.47 Å². The number of thioether (sulfide) groups is 1. The molecule has 0 radical (unpaired) electrons. The van der Waals surface area contributed by atoms with E-state index in [-0.39, 0.29) is 23.2 Å². The molecule has 1 fully saturated rings. The van der Waals surface area contributed by atoms with E-state index in [0.717, 1.165) is 27.0 Å². The van der Waals surface area contributed by atoms with Crippen molar-refractivity contribution in [3.63, 3.8) is 0 Å². The predicted octanol–water partition coefficient (Wildman–Crippen LogP) is 2.01. The number of nitrogens with zero attached hydrogens (tertiary/aromatic N) is 2. The molecule has 0 spiro atoms. The van der Waals surface area contributed by atoms with Gasteiger partial charge in [-0.2, -0.15) is 0 Å². The van der Waals surface area contributed by atoms with Crippen LogP contribution in [0.5, 0.6) is 5.75 Å². The summed E-state index contributed by atoms with van der Waals surface area (Å²) in [5.41, 5.74) is 1.16. The minimum absolute atomic E-state index is 0.00361. The molecule has 0 N–H and O–H groups in total. The fourth-order valence-electron chi connectivity index (χ4n) is 4.04. The molecule has 2 aromatic rings. The molecular weight excluding hydrogens is 384 g/mol. The molecule has 6 nitrogen and oxygen atoms in total. The third-order valence-corrected chi connectivity index (χ3v) is 7.93. The van der Waals surface area contributed by atoms with Crippen molar-refractivity contribution in [2.45, 2.75) is 17.5 Å². The smallest absolute Gasteiger partial charge is 0.308 e. The van der Waals surface area contributed by atoms with E-state index in [9.17, 15) is 9.59 Å². The summed E-state index contributed by atoms with van der Waals surface area (Å²) in [6.07, 6.45) is 0. The molecule has 8 heteroatoms. The van der Waals surface area contributed by atoms with Crippen LogP contribution in [0.15, 0.2) is 34.1 Å². The van der Waals surface area contributed by atoms with Crippen LogP contribution in [0.1, 0.15) is 16.4 Å². The van der Waals surface area contributed by atoms with Crippen molar-refractivity contribution in [2.75, 3.05) is 38.7 Å². The van der Waals surface area contributed by atoms with E-state index >= 15 is 0 Å². The highest BCUT2D eigenvalue weighted by Gasteiger charge is 2.40. The van der Waals surface area contributed by atoms with E-state index in [2.05, 4.69) is 6.07 Å². The number of aromatic nitrogens is 1. The lowest BCUT2D eigenvalue weighted by molar-refractivity contribution is -0.136. The molecule has 0 aliphatic carbocycles. The van der Waals surface area contributed by atoms with Gasteiger partial charge in [0.1, 0.15) is 12.3 Å². The van der Waals surface area contributed by atoms with Gasteiger partial charge in [-0.05, 0) is 6.07 Å². The van der Waals surface area contributed by atoms with Gasteiger partial charge in [0.25, 0.3) is 0 Å². The average molecular weight is 405 g/mol. The van der Waals surface area contributed by atoms with Gasteiger partial charge in [-0.25, -0.2) is 0 Å². The maximum Gasteiger partial charge on any atom is 0.308 e. The number of thiazole rings is 1. The van der Waals surface area contributed by atoms with E-state index in [1.54, 1.807) is 21.2 Å². The van der Waals surface area contributed by atoms with Crippen molar-refractivity contribution in [1.29, 1.82) is 0 Å². The number of amides is 1. The molecule has 27 heavy (non-hydrogen) atoms. The number of ether oxygens (including phenoxy) is 2. The summed E-state index contributed by atoms with van der Waals surface area (Å²) in [6.45, 7) is 3.13. The van der Waals surface area contributed by atoms with Gasteiger partial charge in [0, 0.05) is 41.1 Å². The van der Waals surface area contributed by atoms with Crippen molar-refractivity contribution < 1.29 is 14.3 Å². The minimum Gasteiger partial charge on any atom is -0.493 e. The molecular formula is C19H20N2O4S2. The summed E-state index contributed by atoms with van der Waals surface area (Å²) in [7, 11) is 0. The molecule has 0 bridgehead atoms. The Kier molecular flexibility index (Phi) is 4.49. The first-order chi connectivity index (χ1) is 13.2. The molecule has 142 valence electrons. The Bertz CT molecular complexity index is 932. The first-order valence-corrected chi connectivity index (χ1v) is 11.0. The standard InChI is InChI=1S/C19H20N2O4S2/c22-15(20-5-7-24-8-6-20)9-21-18-17(27-19(21)23)16-12(11-26-18)10-25-14-4-2-1-3-13(14)16/h1-4,12,16H,5-11H2. The van der Waals surface area contributed by atoms with Gasteiger partial charge in [0.15, 0.2) is 0 Å². The molecule has 0 saturated carbocycles. The van der Waals surface area contributed by atoms with Crippen LogP contribution < -0.4 is 9.61 Å². The average Bonchev–Trinajstić information content (AvgIpc) is 3.03. The summed E-state index contributed by atoms with van der Waals surface area (Å²) in [5, 5.41) is 0.963. The number of fused-ring (bicyclic) bond motifs is 5. The van der Waals surface area contributed by atoms with Crippen molar-refractivity contribution in [3.05, 3.63) is 44.4 Å². The number of hydrogen-bond donors (Lipinski definition) is 0. The normalized spacial score (nSPS) is 23.8. The Labute approximate surface area is 165 Å². The van der Waals surface area contributed by atoms with Gasteiger partial charge < -0.3 is 14.4 Å². The number of carbonyl (C=O) groups excluding carboxylic acids is 1. The summed E-state index contributed by atoms with van der Waals surface area (Å²) in [6, 6.07) is 8.09. The maximum atomic E-state index is 12.8. The number of benzene rings is 1. The maximum absolute atomic E-state index is 12.8. The largest absolute Gasteiger partial charge is 0.493 e. The zero-order valence-electron chi connectivity index (χ0n) is 14.8. The first-order valence-electron chi connectivity index (χ1n) is 9.16. The molecule has 1 saturated heterocycles. The van der Waals surface area contributed by atoms with Crippen molar-refractivity contribution >= 4 is 29.0 Å². The topological polar surface area (TPSA) is 60.8 Å². The summed E-state index contributed by atoms with van der Waals surface area (Å²) in [5.74, 6) is 2.35. The van der Waals surface area contributed by atoms with Crippen molar-refractivity contribution in [2.24, 2.45) is 5.92 Å². The Hall–Kier alpha value is -1.77. The van der Waals surface area contributed by atoms with Gasteiger partial charge >= 0.3 is 4.87 Å². The summed E-state index contributed by atoms with van der Waals surface area (Å²) in [4.78, 5) is 28.3. The Morgan fingerprint density at radius 1 is 1.22 bits per heavy atom. The third kappa shape index (κ3) is 2.99. The summed E-state index contributed by atoms with van der Waals surface area (Å²) < 4.78 is 12.9. The molecule has 2 atom stereocenters. The molecule has 1 amide bonds.